The highest BCUT2D eigenvalue weighted by Gasteiger charge is 2.36. The summed E-state index contributed by atoms with van der Waals surface area (Å²) in [5.41, 5.74) is 0. The average molecular weight is 407 g/mol. The van der Waals surface area contributed by atoms with E-state index in [-0.39, 0.29) is 12.0 Å². The number of nitrogens with zero attached hydrogens (tertiary/aromatic N) is 2. The summed E-state index contributed by atoms with van der Waals surface area (Å²) >= 11 is 0. The fourth-order valence-corrected chi connectivity index (χ4v) is 5.71. The molecule has 5 heteroatoms. The Bertz CT molecular complexity index is 454. The van der Waals surface area contributed by atoms with Crippen LogP contribution in [0, 0.1) is 17.8 Å². The second-order valence-corrected chi connectivity index (χ2v) is 10.1. The molecule has 0 spiro atoms. The van der Waals surface area contributed by atoms with E-state index in [2.05, 4.69) is 40.6 Å². The van der Waals surface area contributed by atoms with Crippen LogP contribution in [0.4, 0.5) is 0 Å². The molecule has 3 N–H and O–H groups in total. The Hall–Kier alpha value is -0.490. The van der Waals surface area contributed by atoms with E-state index in [0.717, 1.165) is 45.4 Å². The molecule has 0 amide bonds. The van der Waals surface area contributed by atoms with E-state index in [1.54, 1.807) is 0 Å². The standard InChI is InChI=1S/C24H46N4O/c1-3-10-25-15-20-13-19(2)14-21(24(20)29)16-28(17-22-8-4-6-11-26-22)18-23-9-5-7-12-27-23/h15,19-24,26-27,29H,3-14,16-18H2,1-2H3. The molecule has 0 aromatic rings. The molecule has 6 atom stereocenters. The third-order valence-electron chi connectivity index (χ3n) is 7.23. The second-order valence-electron chi connectivity index (χ2n) is 10.1. The van der Waals surface area contributed by atoms with Gasteiger partial charge >= 0.3 is 0 Å². The Morgan fingerprint density at radius 3 is 2.17 bits per heavy atom. The van der Waals surface area contributed by atoms with Gasteiger partial charge in [-0.2, -0.15) is 0 Å². The minimum atomic E-state index is -0.243. The lowest BCUT2D eigenvalue weighted by atomic mass is 9.74. The topological polar surface area (TPSA) is 59.9 Å². The van der Waals surface area contributed by atoms with Crippen molar-refractivity contribution in [2.24, 2.45) is 22.7 Å². The lowest BCUT2D eigenvalue weighted by Gasteiger charge is -2.41. The smallest absolute Gasteiger partial charge is 0.0658 e. The Morgan fingerprint density at radius 1 is 0.966 bits per heavy atom. The number of aliphatic hydroxyl groups is 1. The molecule has 2 saturated heterocycles. The zero-order chi connectivity index (χ0) is 20.5. The van der Waals surface area contributed by atoms with Crippen molar-refractivity contribution in [2.75, 3.05) is 39.3 Å². The maximum atomic E-state index is 11.2. The fourth-order valence-electron chi connectivity index (χ4n) is 5.71. The van der Waals surface area contributed by atoms with Crippen molar-refractivity contribution in [3.05, 3.63) is 0 Å². The summed E-state index contributed by atoms with van der Waals surface area (Å²) in [5.74, 6) is 1.27. The third-order valence-corrected chi connectivity index (χ3v) is 7.23. The number of aliphatic imine (C=N–C) groups is 1. The summed E-state index contributed by atoms with van der Waals surface area (Å²) in [4.78, 5) is 7.26. The Labute approximate surface area is 179 Å². The van der Waals surface area contributed by atoms with Crippen LogP contribution in [0.3, 0.4) is 0 Å². The zero-order valence-electron chi connectivity index (χ0n) is 19.0. The Balaban J connectivity index is 1.61. The van der Waals surface area contributed by atoms with Gasteiger partial charge in [0.05, 0.1) is 6.10 Å². The van der Waals surface area contributed by atoms with Gasteiger partial charge in [0.25, 0.3) is 0 Å². The van der Waals surface area contributed by atoms with Gasteiger partial charge in [-0.1, -0.05) is 26.7 Å². The second kappa shape index (κ2) is 12.4. The van der Waals surface area contributed by atoms with Crippen LogP contribution in [0.2, 0.25) is 0 Å². The predicted molar refractivity (Wildman–Crippen MR) is 123 cm³/mol. The molecule has 0 bridgehead atoms. The first-order chi connectivity index (χ1) is 14.2. The minimum absolute atomic E-state index is 0.234. The molecule has 5 nitrogen and oxygen atoms in total. The van der Waals surface area contributed by atoms with Crippen LogP contribution in [-0.2, 0) is 0 Å². The number of nitrogens with one attached hydrogen (secondary N) is 2. The highest BCUT2D eigenvalue weighted by Crippen LogP contribution is 2.33. The van der Waals surface area contributed by atoms with Crippen molar-refractivity contribution < 1.29 is 5.11 Å². The molecule has 0 radical (unpaired) electrons. The van der Waals surface area contributed by atoms with Crippen LogP contribution in [0.1, 0.15) is 71.6 Å². The first-order valence-corrected chi connectivity index (χ1v) is 12.5. The summed E-state index contributed by atoms with van der Waals surface area (Å²) in [7, 11) is 0. The molecular formula is C24H46N4O. The molecule has 3 rings (SSSR count). The van der Waals surface area contributed by atoms with Gasteiger partial charge in [-0.15, -0.1) is 0 Å². The molecule has 29 heavy (non-hydrogen) atoms. The summed E-state index contributed by atoms with van der Waals surface area (Å²) in [5, 5.41) is 18.6. The number of rotatable bonds is 9. The first kappa shape index (κ1) is 23.2. The minimum Gasteiger partial charge on any atom is -0.392 e. The average Bonchev–Trinajstić information content (AvgIpc) is 2.73. The van der Waals surface area contributed by atoms with Gasteiger partial charge in [0.15, 0.2) is 0 Å². The van der Waals surface area contributed by atoms with Crippen molar-refractivity contribution in [1.82, 2.24) is 15.5 Å². The van der Waals surface area contributed by atoms with Crippen molar-refractivity contribution in [1.29, 1.82) is 0 Å². The lowest BCUT2D eigenvalue weighted by molar-refractivity contribution is 0.00594. The van der Waals surface area contributed by atoms with E-state index < -0.39 is 0 Å². The normalized spacial score (nSPS) is 36.7. The largest absolute Gasteiger partial charge is 0.392 e. The van der Waals surface area contributed by atoms with E-state index >= 15 is 0 Å². The number of hydrogen-bond acceptors (Lipinski definition) is 5. The lowest BCUT2D eigenvalue weighted by Crippen LogP contribution is -2.52. The quantitative estimate of drug-likeness (QED) is 0.515. The Kier molecular flexibility index (Phi) is 9.90. The van der Waals surface area contributed by atoms with Gasteiger partial charge < -0.3 is 15.7 Å². The SMILES string of the molecule is CCCN=CC1CC(C)CC(CN(CC2CCCCN2)CC2CCCCN2)C1O. The van der Waals surface area contributed by atoms with Gasteiger partial charge in [0, 0.05) is 50.4 Å². The molecule has 3 fully saturated rings. The van der Waals surface area contributed by atoms with E-state index in [1.165, 1.54) is 51.6 Å². The molecule has 1 aliphatic carbocycles. The summed E-state index contributed by atoms with van der Waals surface area (Å²) in [6.07, 6.45) is 13.1. The first-order valence-electron chi connectivity index (χ1n) is 12.5. The van der Waals surface area contributed by atoms with Crippen LogP contribution in [0.5, 0.6) is 0 Å². The highest BCUT2D eigenvalue weighted by atomic mass is 16.3. The van der Waals surface area contributed by atoms with Crippen molar-refractivity contribution in [2.45, 2.75) is 89.8 Å². The number of aliphatic hydroxyl groups excluding tert-OH is 1. The van der Waals surface area contributed by atoms with Gasteiger partial charge in [-0.05, 0) is 69.9 Å². The van der Waals surface area contributed by atoms with Crippen LogP contribution in [0.25, 0.3) is 0 Å². The molecule has 0 aromatic heterocycles. The zero-order valence-corrected chi connectivity index (χ0v) is 19.0. The summed E-state index contributed by atoms with van der Waals surface area (Å²) in [6.45, 7) is 11.0. The molecule has 3 aliphatic rings. The van der Waals surface area contributed by atoms with E-state index in [9.17, 15) is 5.11 Å². The Morgan fingerprint density at radius 2 is 1.62 bits per heavy atom. The third kappa shape index (κ3) is 7.61. The maximum absolute atomic E-state index is 11.2. The van der Waals surface area contributed by atoms with Crippen LogP contribution < -0.4 is 10.6 Å². The van der Waals surface area contributed by atoms with Crippen molar-refractivity contribution in [3.63, 3.8) is 0 Å². The summed E-state index contributed by atoms with van der Waals surface area (Å²) in [6, 6.07) is 1.24. The van der Waals surface area contributed by atoms with Gasteiger partial charge in [0.1, 0.15) is 0 Å². The fraction of sp³-hybridized carbons (Fsp3) is 0.958. The maximum Gasteiger partial charge on any atom is 0.0658 e. The van der Waals surface area contributed by atoms with Gasteiger partial charge in [-0.3, -0.25) is 9.89 Å². The van der Waals surface area contributed by atoms with Crippen LogP contribution >= 0.6 is 0 Å². The van der Waals surface area contributed by atoms with E-state index in [0.29, 0.717) is 23.9 Å². The summed E-state index contributed by atoms with van der Waals surface area (Å²) < 4.78 is 0. The van der Waals surface area contributed by atoms with Gasteiger partial charge in [-0.25, -0.2) is 0 Å². The molecule has 168 valence electrons. The molecule has 0 aromatic carbocycles. The molecule has 2 heterocycles. The van der Waals surface area contributed by atoms with E-state index in [1.807, 2.05) is 0 Å². The van der Waals surface area contributed by atoms with Crippen LogP contribution in [0.15, 0.2) is 4.99 Å². The predicted octanol–water partition coefficient (Wildman–Crippen LogP) is 3.08. The van der Waals surface area contributed by atoms with E-state index in [4.69, 9.17) is 0 Å². The highest BCUT2D eigenvalue weighted by molar-refractivity contribution is 5.61. The van der Waals surface area contributed by atoms with Crippen molar-refractivity contribution >= 4 is 6.21 Å². The molecule has 2 aliphatic heterocycles. The molecule has 1 saturated carbocycles. The monoisotopic (exact) mass is 406 g/mol. The molecule has 6 unspecified atom stereocenters. The molecular weight excluding hydrogens is 360 g/mol. The van der Waals surface area contributed by atoms with Gasteiger partial charge in [0.2, 0.25) is 0 Å². The van der Waals surface area contributed by atoms with Crippen molar-refractivity contribution in [3.8, 4) is 0 Å². The number of hydrogen-bond donors (Lipinski definition) is 3. The number of piperidine rings is 2. The van der Waals surface area contributed by atoms with Crippen LogP contribution in [-0.4, -0.2) is 73.7 Å².